The molecule has 0 spiro atoms. The van der Waals surface area contributed by atoms with Crippen LogP contribution in [-0.2, 0) is 4.79 Å². The zero-order valence-corrected chi connectivity index (χ0v) is 16.4. The van der Waals surface area contributed by atoms with Gasteiger partial charge >= 0.3 is 0 Å². The highest BCUT2D eigenvalue weighted by molar-refractivity contribution is 5.77. The SMILES string of the molecule is Cc1ccc(OC2CCN(C(=O)COc3ccc(C(C)C)cc3)CC2)cn1. The number of ether oxygens (including phenoxy) is 2. The number of amides is 1. The first kappa shape index (κ1) is 19.2. The Morgan fingerprint density at radius 1 is 1.11 bits per heavy atom. The fraction of sp³-hybridized carbons (Fsp3) is 0.455. The van der Waals surface area contributed by atoms with Crippen LogP contribution in [0.2, 0.25) is 0 Å². The molecule has 1 aliphatic heterocycles. The topological polar surface area (TPSA) is 51.7 Å². The van der Waals surface area contributed by atoms with Crippen molar-refractivity contribution in [2.45, 2.75) is 45.6 Å². The van der Waals surface area contributed by atoms with E-state index < -0.39 is 0 Å². The van der Waals surface area contributed by atoms with E-state index >= 15 is 0 Å². The summed E-state index contributed by atoms with van der Waals surface area (Å²) >= 11 is 0. The number of hydrogen-bond donors (Lipinski definition) is 0. The van der Waals surface area contributed by atoms with Crippen molar-refractivity contribution in [2.75, 3.05) is 19.7 Å². The molecule has 27 heavy (non-hydrogen) atoms. The molecule has 2 aromatic rings. The summed E-state index contributed by atoms with van der Waals surface area (Å²) in [4.78, 5) is 18.5. The Balaban J connectivity index is 1.42. The number of carbonyl (C=O) groups excluding carboxylic acids is 1. The van der Waals surface area contributed by atoms with Gasteiger partial charge in [-0.1, -0.05) is 26.0 Å². The fourth-order valence-corrected chi connectivity index (χ4v) is 3.12. The summed E-state index contributed by atoms with van der Waals surface area (Å²) in [5, 5.41) is 0. The highest BCUT2D eigenvalue weighted by Crippen LogP contribution is 2.20. The monoisotopic (exact) mass is 368 g/mol. The van der Waals surface area contributed by atoms with E-state index in [1.54, 1.807) is 6.20 Å². The molecule has 0 saturated carbocycles. The number of carbonyl (C=O) groups is 1. The van der Waals surface area contributed by atoms with Crippen molar-refractivity contribution in [3.05, 3.63) is 53.9 Å². The summed E-state index contributed by atoms with van der Waals surface area (Å²) in [5.41, 5.74) is 2.24. The highest BCUT2D eigenvalue weighted by Gasteiger charge is 2.24. The summed E-state index contributed by atoms with van der Waals surface area (Å²) in [6, 6.07) is 11.8. The molecule has 1 aliphatic rings. The summed E-state index contributed by atoms with van der Waals surface area (Å²) in [6.07, 6.45) is 3.53. The van der Waals surface area contributed by atoms with Gasteiger partial charge in [-0.15, -0.1) is 0 Å². The Kier molecular flexibility index (Phi) is 6.32. The van der Waals surface area contributed by atoms with Crippen LogP contribution in [0.1, 0.15) is 43.9 Å². The van der Waals surface area contributed by atoms with Crippen molar-refractivity contribution in [3.8, 4) is 11.5 Å². The van der Waals surface area contributed by atoms with Gasteiger partial charge in [0.1, 0.15) is 17.6 Å². The molecule has 5 nitrogen and oxygen atoms in total. The molecule has 1 aromatic carbocycles. The van der Waals surface area contributed by atoms with E-state index in [0.29, 0.717) is 19.0 Å². The van der Waals surface area contributed by atoms with Crippen molar-refractivity contribution in [1.29, 1.82) is 0 Å². The average Bonchev–Trinajstić information content (AvgIpc) is 2.69. The second-order valence-corrected chi connectivity index (χ2v) is 7.35. The third-order valence-corrected chi connectivity index (χ3v) is 4.89. The Bertz CT molecular complexity index is 733. The van der Waals surface area contributed by atoms with Crippen LogP contribution >= 0.6 is 0 Å². The van der Waals surface area contributed by atoms with Gasteiger partial charge < -0.3 is 14.4 Å². The lowest BCUT2D eigenvalue weighted by Gasteiger charge is -2.32. The lowest BCUT2D eigenvalue weighted by molar-refractivity contribution is -0.135. The van der Waals surface area contributed by atoms with Crippen LogP contribution in [0.3, 0.4) is 0 Å². The number of hydrogen-bond acceptors (Lipinski definition) is 4. The summed E-state index contributed by atoms with van der Waals surface area (Å²) in [6.45, 7) is 7.73. The number of pyridine rings is 1. The van der Waals surface area contributed by atoms with Crippen LogP contribution in [0, 0.1) is 6.92 Å². The first-order chi connectivity index (χ1) is 13.0. The van der Waals surface area contributed by atoms with Crippen LogP contribution in [0.5, 0.6) is 11.5 Å². The van der Waals surface area contributed by atoms with Crippen molar-refractivity contribution in [2.24, 2.45) is 0 Å². The van der Waals surface area contributed by atoms with Crippen molar-refractivity contribution < 1.29 is 14.3 Å². The van der Waals surface area contributed by atoms with Gasteiger partial charge in [0.2, 0.25) is 0 Å². The molecule has 5 heteroatoms. The quantitative estimate of drug-likeness (QED) is 0.774. The number of likely N-dealkylation sites (tertiary alicyclic amines) is 1. The van der Waals surface area contributed by atoms with Crippen LogP contribution in [0.15, 0.2) is 42.6 Å². The zero-order chi connectivity index (χ0) is 19.2. The van der Waals surface area contributed by atoms with Gasteiger partial charge in [-0.3, -0.25) is 9.78 Å². The van der Waals surface area contributed by atoms with Crippen LogP contribution in [-0.4, -0.2) is 41.6 Å². The first-order valence-corrected chi connectivity index (χ1v) is 9.61. The Labute approximate surface area is 161 Å². The average molecular weight is 368 g/mol. The Hall–Kier alpha value is -2.56. The summed E-state index contributed by atoms with van der Waals surface area (Å²) < 4.78 is 11.6. The number of rotatable bonds is 6. The maximum Gasteiger partial charge on any atom is 0.260 e. The van der Waals surface area contributed by atoms with Crippen molar-refractivity contribution in [3.63, 3.8) is 0 Å². The van der Waals surface area contributed by atoms with E-state index in [9.17, 15) is 4.79 Å². The maximum atomic E-state index is 12.4. The first-order valence-electron chi connectivity index (χ1n) is 9.61. The normalized spacial score (nSPS) is 15.0. The van der Waals surface area contributed by atoms with E-state index in [4.69, 9.17) is 9.47 Å². The number of benzene rings is 1. The van der Waals surface area contributed by atoms with Gasteiger partial charge in [-0.2, -0.15) is 0 Å². The lowest BCUT2D eigenvalue weighted by Crippen LogP contribution is -2.43. The molecule has 0 atom stereocenters. The molecule has 1 fully saturated rings. The molecule has 0 unspecified atom stereocenters. The molecule has 1 amide bonds. The van der Waals surface area contributed by atoms with Gasteiger partial charge in [-0.05, 0) is 42.7 Å². The van der Waals surface area contributed by atoms with Crippen LogP contribution in [0.4, 0.5) is 0 Å². The summed E-state index contributed by atoms with van der Waals surface area (Å²) in [5.74, 6) is 2.04. The molecular weight excluding hydrogens is 340 g/mol. The largest absolute Gasteiger partial charge is 0.489 e. The second kappa shape index (κ2) is 8.89. The van der Waals surface area contributed by atoms with E-state index in [0.717, 1.165) is 30.0 Å². The van der Waals surface area contributed by atoms with Crippen molar-refractivity contribution >= 4 is 5.91 Å². The van der Waals surface area contributed by atoms with E-state index in [1.165, 1.54) is 5.56 Å². The fourth-order valence-electron chi connectivity index (χ4n) is 3.12. The Morgan fingerprint density at radius 3 is 2.37 bits per heavy atom. The zero-order valence-electron chi connectivity index (χ0n) is 16.4. The molecule has 0 N–H and O–H groups in total. The van der Waals surface area contributed by atoms with Gasteiger partial charge in [0, 0.05) is 31.6 Å². The highest BCUT2D eigenvalue weighted by atomic mass is 16.5. The van der Waals surface area contributed by atoms with Gasteiger partial charge in [0.05, 0.1) is 6.20 Å². The minimum absolute atomic E-state index is 0.0263. The number of nitrogens with zero attached hydrogens (tertiary/aromatic N) is 2. The molecule has 144 valence electrons. The Morgan fingerprint density at radius 2 is 1.78 bits per heavy atom. The smallest absolute Gasteiger partial charge is 0.260 e. The maximum absolute atomic E-state index is 12.4. The molecular formula is C22H28N2O3. The number of aryl methyl sites for hydroxylation is 1. The third-order valence-electron chi connectivity index (χ3n) is 4.89. The molecule has 0 radical (unpaired) electrons. The third kappa shape index (κ3) is 5.46. The minimum Gasteiger partial charge on any atom is -0.489 e. The van der Waals surface area contributed by atoms with Gasteiger partial charge in [-0.25, -0.2) is 0 Å². The lowest BCUT2D eigenvalue weighted by atomic mass is 10.0. The van der Waals surface area contributed by atoms with E-state index in [1.807, 2.05) is 48.2 Å². The predicted octanol–water partition coefficient (Wildman–Crippen LogP) is 3.96. The van der Waals surface area contributed by atoms with Crippen molar-refractivity contribution in [1.82, 2.24) is 9.88 Å². The van der Waals surface area contributed by atoms with Gasteiger partial charge in [0.15, 0.2) is 6.61 Å². The molecule has 1 saturated heterocycles. The molecule has 1 aromatic heterocycles. The molecule has 3 rings (SSSR count). The second-order valence-electron chi connectivity index (χ2n) is 7.35. The van der Waals surface area contributed by atoms with Crippen LogP contribution < -0.4 is 9.47 Å². The molecule has 0 aliphatic carbocycles. The minimum atomic E-state index is 0.0263. The molecule has 0 bridgehead atoms. The van der Waals surface area contributed by atoms with E-state index in [2.05, 4.69) is 18.8 Å². The molecule has 2 heterocycles. The number of piperidine rings is 1. The van der Waals surface area contributed by atoms with Gasteiger partial charge in [0.25, 0.3) is 5.91 Å². The van der Waals surface area contributed by atoms with Crippen LogP contribution in [0.25, 0.3) is 0 Å². The van der Waals surface area contributed by atoms with E-state index in [-0.39, 0.29) is 18.6 Å². The number of aromatic nitrogens is 1. The summed E-state index contributed by atoms with van der Waals surface area (Å²) in [7, 11) is 0. The predicted molar refractivity (Wildman–Crippen MR) is 105 cm³/mol. The standard InChI is InChI=1S/C22H28N2O3/c1-16(2)18-5-8-19(9-6-18)26-15-22(25)24-12-10-20(11-13-24)27-21-7-4-17(3)23-14-21/h4-9,14,16,20H,10-13,15H2,1-3H3.